The summed E-state index contributed by atoms with van der Waals surface area (Å²) in [5, 5.41) is 0. The molecule has 0 spiro atoms. The number of ether oxygens (including phenoxy) is 2. The Morgan fingerprint density at radius 3 is 2.52 bits per heavy atom. The summed E-state index contributed by atoms with van der Waals surface area (Å²) in [6, 6.07) is 15.3. The third-order valence-electron chi connectivity index (χ3n) is 5.96. The molecule has 0 saturated heterocycles. The van der Waals surface area contributed by atoms with Crippen molar-refractivity contribution in [2.75, 3.05) is 11.7 Å². The van der Waals surface area contributed by atoms with Crippen molar-refractivity contribution in [1.29, 1.82) is 0 Å². The second-order valence-electron chi connectivity index (χ2n) is 8.74. The first-order valence-electron chi connectivity index (χ1n) is 9.97. The van der Waals surface area contributed by atoms with E-state index < -0.39 is 0 Å². The summed E-state index contributed by atoms with van der Waals surface area (Å²) in [5.74, 6) is 1.27. The van der Waals surface area contributed by atoms with Crippen molar-refractivity contribution in [3.8, 4) is 11.5 Å². The SMILES string of the molecule is CC1(C)CC(=O)C2=C(C1)N(c1ccccc1)C(=O)C[C@H]2c1ccc2c(c1)OCO2. The normalized spacial score (nSPS) is 22.7. The van der Waals surface area contributed by atoms with Crippen LogP contribution in [0.4, 0.5) is 5.69 Å². The van der Waals surface area contributed by atoms with Crippen LogP contribution in [0, 0.1) is 5.41 Å². The van der Waals surface area contributed by atoms with Gasteiger partial charge in [0, 0.05) is 35.7 Å². The topological polar surface area (TPSA) is 55.8 Å². The second-order valence-corrected chi connectivity index (χ2v) is 8.74. The van der Waals surface area contributed by atoms with Gasteiger partial charge in [0.2, 0.25) is 12.7 Å². The number of nitrogens with zero attached hydrogens (tertiary/aromatic N) is 1. The van der Waals surface area contributed by atoms with Crippen molar-refractivity contribution in [3.63, 3.8) is 0 Å². The molecule has 29 heavy (non-hydrogen) atoms. The van der Waals surface area contributed by atoms with Gasteiger partial charge in [-0.25, -0.2) is 0 Å². The van der Waals surface area contributed by atoms with Crippen molar-refractivity contribution >= 4 is 17.4 Å². The van der Waals surface area contributed by atoms with Gasteiger partial charge in [-0.15, -0.1) is 0 Å². The van der Waals surface area contributed by atoms with Gasteiger partial charge in [0.15, 0.2) is 17.3 Å². The molecule has 0 unspecified atom stereocenters. The fourth-order valence-corrected chi connectivity index (χ4v) is 4.71. The van der Waals surface area contributed by atoms with E-state index in [1.54, 1.807) is 4.90 Å². The van der Waals surface area contributed by atoms with Crippen molar-refractivity contribution in [1.82, 2.24) is 0 Å². The van der Waals surface area contributed by atoms with Gasteiger partial charge in [0.1, 0.15) is 0 Å². The molecule has 0 aromatic heterocycles. The number of hydrogen-bond donors (Lipinski definition) is 0. The molecule has 1 atom stereocenters. The molecule has 0 N–H and O–H groups in total. The minimum absolute atomic E-state index is 0.0168. The number of ketones is 1. The van der Waals surface area contributed by atoms with Crippen LogP contribution in [0.5, 0.6) is 11.5 Å². The quantitative estimate of drug-likeness (QED) is 0.754. The largest absolute Gasteiger partial charge is 0.454 e. The summed E-state index contributed by atoms with van der Waals surface area (Å²) >= 11 is 0. The maximum absolute atomic E-state index is 13.3. The van der Waals surface area contributed by atoms with Crippen LogP contribution in [0.1, 0.15) is 44.6 Å². The van der Waals surface area contributed by atoms with Gasteiger partial charge in [-0.2, -0.15) is 0 Å². The number of carbonyl (C=O) groups excluding carboxylic acids is 2. The summed E-state index contributed by atoms with van der Waals surface area (Å²) in [4.78, 5) is 28.4. The van der Waals surface area contributed by atoms with Gasteiger partial charge < -0.3 is 9.47 Å². The molecule has 2 aliphatic heterocycles. The number of rotatable bonds is 2. The lowest BCUT2D eigenvalue weighted by molar-refractivity contribution is -0.121. The average Bonchev–Trinajstić information content (AvgIpc) is 3.14. The number of Topliss-reactive ketones (excluding diaryl/α,β-unsaturated/α-hetero) is 1. The predicted molar refractivity (Wildman–Crippen MR) is 109 cm³/mol. The Hall–Kier alpha value is -3.08. The lowest BCUT2D eigenvalue weighted by Gasteiger charge is -2.43. The molecule has 3 aliphatic rings. The van der Waals surface area contributed by atoms with Crippen molar-refractivity contribution in [2.45, 2.75) is 39.0 Å². The van der Waals surface area contributed by atoms with E-state index in [1.165, 1.54) is 0 Å². The molecule has 5 nitrogen and oxygen atoms in total. The summed E-state index contributed by atoms with van der Waals surface area (Å²) in [6.45, 7) is 4.38. The van der Waals surface area contributed by atoms with E-state index in [4.69, 9.17) is 9.47 Å². The lowest BCUT2D eigenvalue weighted by Crippen LogP contribution is -2.43. The van der Waals surface area contributed by atoms with E-state index in [9.17, 15) is 9.59 Å². The molecule has 0 fully saturated rings. The molecular formula is C24H23NO4. The molecule has 1 aliphatic carbocycles. The number of fused-ring (bicyclic) bond motifs is 1. The molecule has 1 amide bonds. The summed E-state index contributed by atoms with van der Waals surface area (Å²) in [6.07, 6.45) is 1.44. The zero-order valence-electron chi connectivity index (χ0n) is 16.6. The number of para-hydroxylation sites is 1. The first-order chi connectivity index (χ1) is 13.9. The van der Waals surface area contributed by atoms with E-state index in [1.807, 2.05) is 48.5 Å². The molecule has 5 rings (SSSR count). The predicted octanol–water partition coefficient (Wildman–Crippen LogP) is 4.58. The van der Waals surface area contributed by atoms with Crippen LogP contribution in [0.25, 0.3) is 0 Å². The van der Waals surface area contributed by atoms with Crippen LogP contribution >= 0.6 is 0 Å². The number of amides is 1. The Balaban J connectivity index is 1.66. The Labute approximate surface area is 169 Å². The summed E-state index contributed by atoms with van der Waals surface area (Å²) < 4.78 is 10.9. The maximum Gasteiger partial charge on any atom is 0.232 e. The average molecular weight is 389 g/mol. The first kappa shape index (κ1) is 18.0. The standard InChI is InChI=1S/C24H23NO4/c1-24(2)12-18-23(19(26)13-24)17(15-8-9-20-21(10-15)29-14-28-20)11-22(27)25(18)16-6-4-3-5-7-16/h3-10,17H,11-14H2,1-2H3/t17-/m0/s1. The van der Waals surface area contributed by atoms with Crippen molar-refractivity contribution < 1.29 is 19.1 Å². The van der Waals surface area contributed by atoms with Gasteiger partial charge in [-0.3, -0.25) is 14.5 Å². The number of hydrogen-bond acceptors (Lipinski definition) is 4. The highest BCUT2D eigenvalue weighted by Crippen LogP contribution is 2.49. The van der Waals surface area contributed by atoms with Crippen molar-refractivity contribution in [3.05, 3.63) is 65.4 Å². The van der Waals surface area contributed by atoms with E-state index >= 15 is 0 Å². The molecular weight excluding hydrogens is 366 g/mol. The number of carbonyl (C=O) groups is 2. The summed E-state index contributed by atoms with van der Waals surface area (Å²) in [5.41, 5.74) is 3.18. The molecule has 2 heterocycles. The van der Waals surface area contributed by atoms with Crippen LogP contribution < -0.4 is 14.4 Å². The van der Waals surface area contributed by atoms with Gasteiger partial charge in [-0.1, -0.05) is 38.1 Å². The smallest absolute Gasteiger partial charge is 0.232 e. The number of benzene rings is 2. The van der Waals surface area contributed by atoms with Crippen LogP contribution in [0.2, 0.25) is 0 Å². The molecule has 2 aromatic carbocycles. The summed E-state index contributed by atoms with van der Waals surface area (Å²) in [7, 11) is 0. The van der Waals surface area contributed by atoms with Crippen LogP contribution in [-0.4, -0.2) is 18.5 Å². The fraction of sp³-hybridized carbons (Fsp3) is 0.333. The lowest BCUT2D eigenvalue weighted by atomic mass is 9.69. The molecule has 5 heteroatoms. The third-order valence-corrected chi connectivity index (χ3v) is 5.96. The first-order valence-corrected chi connectivity index (χ1v) is 9.97. The minimum Gasteiger partial charge on any atom is -0.454 e. The zero-order chi connectivity index (χ0) is 20.2. The van der Waals surface area contributed by atoms with Gasteiger partial charge in [0.05, 0.1) is 0 Å². The van der Waals surface area contributed by atoms with Gasteiger partial charge in [-0.05, 0) is 41.7 Å². The van der Waals surface area contributed by atoms with E-state index in [2.05, 4.69) is 13.8 Å². The van der Waals surface area contributed by atoms with E-state index in [0.29, 0.717) is 24.3 Å². The highest BCUT2D eigenvalue weighted by atomic mass is 16.7. The third kappa shape index (κ3) is 3.01. The second kappa shape index (κ2) is 6.48. The molecule has 0 bridgehead atoms. The zero-order valence-corrected chi connectivity index (χ0v) is 16.6. The Morgan fingerprint density at radius 1 is 0.966 bits per heavy atom. The fourth-order valence-electron chi connectivity index (χ4n) is 4.71. The highest BCUT2D eigenvalue weighted by molar-refractivity contribution is 6.07. The number of allylic oxidation sites excluding steroid dienone is 2. The van der Waals surface area contributed by atoms with E-state index in [0.717, 1.165) is 22.5 Å². The Morgan fingerprint density at radius 2 is 1.72 bits per heavy atom. The molecule has 148 valence electrons. The Bertz CT molecular complexity index is 1040. The maximum atomic E-state index is 13.3. The monoisotopic (exact) mass is 389 g/mol. The highest BCUT2D eigenvalue weighted by Gasteiger charge is 2.44. The Kier molecular flexibility index (Phi) is 4.02. The number of anilines is 1. The van der Waals surface area contributed by atoms with Gasteiger partial charge in [0.25, 0.3) is 0 Å². The van der Waals surface area contributed by atoms with Crippen LogP contribution in [0.15, 0.2) is 59.8 Å². The van der Waals surface area contributed by atoms with Crippen molar-refractivity contribution in [2.24, 2.45) is 5.41 Å². The molecule has 2 aromatic rings. The van der Waals surface area contributed by atoms with Crippen LogP contribution in [-0.2, 0) is 9.59 Å². The molecule has 0 saturated carbocycles. The van der Waals surface area contributed by atoms with Crippen LogP contribution in [0.3, 0.4) is 0 Å². The van der Waals surface area contributed by atoms with Gasteiger partial charge >= 0.3 is 0 Å². The van der Waals surface area contributed by atoms with E-state index in [-0.39, 0.29) is 36.2 Å². The minimum atomic E-state index is -0.254. The molecule has 0 radical (unpaired) electrons.